The zero-order valence-corrected chi connectivity index (χ0v) is 18.3. The van der Waals surface area contributed by atoms with Gasteiger partial charge in [0.05, 0.1) is 13.0 Å². The van der Waals surface area contributed by atoms with Crippen LogP contribution < -0.4 is 19.5 Å². The molecule has 0 spiro atoms. The molecule has 0 aromatic heterocycles. The summed E-state index contributed by atoms with van der Waals surface area (Å²) in [5.74, 6) is -0.641. The zero-order valence-electron chi connectivity index (χ0n) is 18.3. The maximum Gasteiger partial charge on any atom is 0.308 e. The van der Waals surface area contributed by atoms with E-state index in [-0.39, 0.29) is 11.7 Å². The number of nitrogens with one attached hydrogen (secondary N) is 1. The van der Waals surface area contributed by atoms with Gasteiger partial charge >= 0.3 is 5.97 Å². The number of carbonyl (C=O) groups is 1. The fraction of sp³-hybridized carbons (Fsp3) is 0.458. The Morgan fingerprint density at radius 3 is 2.66 bits per heavy atom. The van der Waals surface area contributed by atoms with Gasteiger partial charge in [0.2, 0.25) is 0 Å². The van der Waals surface area contributed by atoms with E-state index in [1.807, 2.05) is 12.1 Å². The number of ether oxygens (including phenoxy) is 3. The maximum atomic E-state index is 14.1. The van der Waals surface area contributed by atoms with E-state index in [0.29, 0.717) is 30.2 Å². The summed E-state index contributed by atoms with van der Waals surface area (Å²) in [6.07, 6.45) is 0.308. The minimum atomic E-state index is -0.789. The first kappa shape index (κ1) is 22.4. The Morgan fingerprint density at radius 2 is 1.94 bits per heavy atom. The van der Waals surface area contributed by atoms with Crippen molar-refractivity contribution in [1.29, 1.82) is 0 Å². The van der Waals surface area contributed by atoms with Gasteiger partial charge in [-0.1, -0.05) is 13.0 Å². The number of aliphatic carboxylic acids is 1. The van der Waals surface area contributed by atoms with Crippen LogP contribution in [0.5, 0.6) is 17.2 Å². The van der Waals surface area contributed by atoms with Crippen molar-refractivity contribution in [3.8, 4) is 17.2 Å². The first-order valence-corrected chi connectivity index (χ1v) is 11.0. The third-order valence-corrected chi connectivity index (χ3v) is 6.06. The van der Waals surface area contributed by atoms with Crippen molar-refractivity contribution in [3.63, 3.8) is 0 Å². The van der Waals surface area contributed by atoms with Crippen molar-refractivity contribution in [1.82, 2.24) is 10.2 Å². The number of nitrogens with zero attached hydrogens (tertiary/aromatic N) is 1. The van der Waals surface area contributed by atoms with Crippen molar-refractivity contribution in [2.45, 2.75) is 25.6 Å². The number of hydrogen-bond donors (Lipinski definition) is 2. The molecule has 2 heterocycles. The minimum Gasteiger partial charge on any atom is -0.494 e. The lowest BCUT2D eigenvalue weighted by Crippen LogP contribution is -2.31. The molecule has 32 heavy (non-hydrogen) atoms. The molecular weight excluding hydrogens is 415 g/mol. The van der Waals surface area contributed by atoms with Gasteiger partial charge in [-0.15, -0.1) is 0 Å². The average molecular weight is 445 g/mol. The molecule has 2 unspecified atom stereocenters. The van der Waals surface area contributed by atoms with Gasteiger partial charge in [0.15, 0.2) is 23.1 Å². The fourth-order valence-electron chi connectivity index (χ4n) is 4.36. The van der Waals surface area contributed by atoms with Crippen LogP contribution in [0.1, 0.15) is 36.7 Å². The Labute approximate surface area is 187 Å². The van der Waals surface area contributed by atoms with Crippen LogP contribution >= 0.6 is 0 Å². The average Bonchev–Trinajstić information content (AvgIpc) is 3.40. The first-order chi connectivity index (χ1) is 15.5. The molecule has 2 aromatic carbocycles. The number of carboxylic acid groups (broad SMARTS) is 1. The standard InChI is InChI=1S/C24H29FN2O5/c1-3-8-26-9-10-27-13-17(18(14-27)23(28)29)15-4-7-21-22(12-15)32-24(31-21)16-5-6-20(30-2)19(25)11-16/h4-7,11-12,17-18,24,26H,3,8-10,13-14H2,1-2H3,(H,28,29)/t17?,18?,24-/m1/s1. The largest absolute Gasteiger partial charge is 0.494 e. The zero-order chi connectivity index (χ0) is 22.7. The highest BCUT2D eigenvalue weighted by Gasteiger charge is 2.39. The van der Waals surface area contributed by atoms with Crippen molar-refractivity contribution in [2.24, 2.45) is 5.92 Å². The number of rotatable bonds is 9. The van der Waals surface area contributed by atoms with E-state index in [0.717, 1.165) is 31.6 Å². The van der Waals surface area contributed by atoms with Gasteiger partial charge in [-0.3, -0.25) is 4.79 Å². The summed E-state index contributed by atoms with van der Waals surface area (Å²) in [6.45, 7) is 5.94. The minimum absolute atomic E-state index is 0.134. The monoisotopic (exact) mass is 444 g/mol. The van der Waals surface area contributed by atoms with Crippen LogP contribution in [0, 0.1) is 11.7 Å². The lowest BCUT2D eigenvalue weighted by atomic mass is 9.89. The predicted octanol–water partition coefficient (Wildman–Crippen LogP) is 3.40. The van der Waals surface area contributed by atoms with Crippen molar-refractivity contribution in [2.75, 3.05) is 39.8 Å². The number of fused-ring (bicyclic) bond motifs is 1. The Bertz CT molecular complexity index is 969. The number of benzene rings is 2. The van der Waals surface area contributed by atoms with E-state index >= 15 is 0 Å². The fourth-order valence-corrected chi connectivity index (χ4v) is 4.36. The maximum absolute atomic E-state index is 14.1. The summed E-state index contributed by atoms with van der Waals surface area (Å²) in [4.78, 5) is 14.1. The molecule has 0 saturated carbocycles. The number of carboxylic acids is 1. The summed E-state index contributed by atoms with van der Waals surface area (Å²) in [5, 5.41) is 13.1. The van der Waals surface area contributed by atoms with Crippen LogP contribution in [0.15, 0.2) is 36.4 Å². The highest BCUT2D eigenvalue weighted by atomic mass is 19.1. The van der Waals surface area contributed by atoms with Gasteiger partial charge < -0.3 is 29.5 Å². The molecule has 0 aliphatic carbocycles. The van der Waals surface area contributed by atoms with E-state index < -0.39 is 24.0 Å². The Balaban J connectivity index is 1.47. The molecule has 2 aliphatic rings. The number of likely N-dealkylation sites (tertiary alicyclic amines) is 1. The highest BCUT2D eigenvalue weighted by molar-refractivity contribution is 5.72. The number of halogens is 1. The van der Waals surface area contributed by atoms with Gasteiger partial charge in [0, 0.05) is 37.7 Å². The third kappa shape index (κ3) is 4.66. The van der Waals surface area contributed by atoms with Crippen LogP contribution in [0.2, 0.25) is 0 Å². The molecule has 3 atom stereocenters. The Morgan fingerprint density at radius 1 is 1.16 bits per heavy atom. The van der Waals surface area contributed by atoms with Crippen LogP contribution in [-0.2, 0) is 4.79 Å². The van der Waals surface area contributed by atoms with Gasteiger partial charge in [0.25, 0.3) is 6.29 Å². The number of methoxy groups -OCH3 is 1. The second-order valence-electron chi connectivity index (χ2n) is 8.23. The van der Waals surface area contributed by atoms with Gasteiger partial charge in [0.1, 0.15) is 0 Å². The van der Waals surface area contributed by atoms with E-state index in [2.05, 4.69) is 17.1 Å². The molecule has 1 fully saturated rings. The second kappa shape index (κ2) is 9.75. The first-order valence-electron chi connectivity index (χ1n) is 11.0. The summed E-state index contributed by atoms with van der Waals surface area (Å²) in [6, 6.07) is 10.1. The smallest absolute Gasteiger partial charge is 0.308 e. The SMILES string of the molecule is CCCNCCN1CC(C(=O)O)C(c2ccc3c(c2)O[C@H](c2ccc(OC)c(F)c2)O3)C1. The normalized spacial score (nSPS) is 22.3. The molecule has 0 amide bonds. The van der Waals surface area contributed by atoms with Gasteiger partial charge in [-0.05, 0) is 48.9 Å². The molecule has 8 heteroatoms. The summed E-state index contributed by atoms with van der Waals surface area (Å²) in [7, 11) is 1.41. The van der Waals surface area contributed by atoms with Gasteiger partial charge in [-0.25, -0.2) is 4.39 Å². The molecule has 2 N–H and O–H groups in total. The number of hydrogen-bond acceptors (Lipinski definition) is 6. The topological polar surface area (TPSA) is 80.3 Å². The third-order valence-electron chi connectivity index (χ3n) is 6.06. The molecule has 0 radical (unpaired) electrons. The molecular formula is C24H29FN2O5. The summed E-state index contributed by atoms with van der Waals surface area (Å²) >= 11 is 0. The molecule has 7 nitrogen and oxygen atoms in total. The Kier molecular flexibility index (Phi) is 6.81. The molecule has 0 bridgehead atoms. The predicted molar refractivity (Wildman–Crippen MR) is 117 cm³/mol. The lowest BCUT2D eigenvalue weighted by Gasteiger charge is -2.16. The van der Waals surface area contributed by atoms with Crippen LogP contribution in [-0.4, -0.2) is 55.8 Å². The molecule has 172 valence electrons. The highest BCUT2D eigenvalue weighted by Crippen LogP contribution is 2.44. The summed E-state index contributed by atoms with van der Waals surface area (Å²) in [5.41, 5.74) is 1.45. The molecule has 2 aromatic rings. The molecule has 1 saturated heterocycles. The van der Waals surface area contributed by atoms with E-state index in [9.17, 15) is 14.3 Å². The molecule has 4 rings (SSSR count). The van der Waals surface area contributed by atoms with Crippen LogP contribution in [0.25, 0.3) is 0 Å². The van der Waals surface area contributed by atoms with Crippen molar-refractivity contribution in [3.05, 3.63) is 53.3 Å². The Hall–Kier alpha value is -2.84. The van der Waals surface area contributed by atoms with Gasteiger partial charge in [-0.2, -0.15) is 0 Å². The quantitative estimate of drug-likeness (QED) is 0.574. The molecule has 2 aliphatic heterocycles. The van der Waals surface area contributed by atoms with Crippen molar-refractivity contribution < 1.29 is 28.5 Å². The van der Waals surface area contributed by atoms with E-state index in [4.69, 9.17) is 14.2 Å². The lowest BCUT2D eigenvalue weighted by molar-refractivity contribution is -0.141. The summed E-state index contributed by atoms with van der Waals surface area (Å²) < 4.78 is 30.8. The van der Waals surface area contributed by atoms with Crippen molar-refractivity contribution >= 4 is 5.97 Å². The second-order valence-corrected chi connectivity index (χ2v) is 8.23. The van der Waals surface area contributed by atoms with E-state index in [1.165, 1.54) is 19.2 Å². The van der Waals surface area contributed by atoms with Crippen LogP contribution in [0.4, 0.5) is 4.39 Å². The van der Waals surface area contributed by atoms with E-state index in [1.54, 1.807) is 12.1 Å². The van der Waals surface area contributed by atoms with Crippen LogP contribution in [0.3, 0.4) is 0 Å².